The number of hydrogen-bond donors (Lipinski definition) is 1. The molecular formula is C16H27NO2. The molecule has 3 aliphatic rings. The van der Waals surface area contributed by atoms with Gasteiger partial charge < -0.3 is 10.0 Å². The van der Waals surface area contributed by atoms with Crippen LogP contribution in [0.25, 0.3) is 0 Å². The van der Waals surface area contributed by atoms with Crippen molar-refractivity contribution >= 4 is 5.97 Å². The van der Waals surface area contributed by atoms with Crippen molar-refractivity contribution in [2.24, 2.45) is 29.1 Å². The van der Waals surface area contributed by atoms with Gasteiger partial charge in [0, 0.05) is 13.1 Å². The summed E-state index contributed by atoms with van der Waals surface area (Å²) >= 11 is 0. The van der Waals surface area contributed by atoms with Crippen LogP contribution < -0.4 is 0 Å². The molecule has 4 unspecified atom stereocenters. The fraction of sp³-hybridized carbons (Fsp3) is 0.938. The van der Waals surface area contributed by atoms with Crippen molar-refractivity contribution < 1.29 is 9.90 Å². The summed E-state index contributed by atoms with van der Waals surface area (Å²) in [7, 11) is 0. The van der Waals surface area contributed by atoms with E-state index in [1.54, 1.807) is 0 Å². The van der Waals surface area contributed by atoms with Gasteiger partial charge in [0.1, 0.15) is 0 Å². The normalized spacial score (nSPS) is 42.4. The minimum absolute atomic E-state index is 0.232. The van der Waals surface area contributed by atoms with Gasteiger partial charge in [0.05, 0.1) is 5.41 Å². The minimum Gasteiger partial charge on any atom is -0.481 e. The maximum atomic E-state index is 11.6. The fourth-order valence-corrected chi connectivity index (χ4v) is 4.90. The lowest BCUT2D eigenvalue weighted by atomic mass is 9.76. The highest BCUT2D eigenvalue weighted by Gasteiger charge is 2.48. The molecule has 2 saturated carbocycles. The lowest BCUT2D eigenvalue weighted by Crippen LogP contribution is -2.40. The van der Waals surface area contributed by atoms with E-state index in [4.69, 9.17) is 0 Å². The van der Waals surface area contributed by atoms with Gasteiger partial charge in [0.2, 0.25) is 0 Å². The molecule has 108 valence electrons. The molecule has 2 bridgehead atoms. The van der Waals surface area contributed by atoms with E-state index in [9.17, 15) is 9.90 Å². The molecule has 0 radical (unpaired) electrons. The van der Waals surface area contributed by atoms with Crippen LogP contribution in [-0.4, -0.2) is 35.6 Å². The number of carbonyl (C=O) groups is 1. The topological polar surface area (TPSA) is 40.5 Å². The third-order valence-electron chi connectivity index (χ3n) is 6.29. The summed E-state index contributed by atoms with van der Waals surface area (Å²) in [5, 5.41) is 9.59. The summed E-state index contributed by atoms with van der Waals surface area (Å²) in [5.41, 5.74) is -0.488. The van der Waals surface area contributed by atoms with Crippen LogP contribution >= 0.6 is 0 Å². The van der Waals surface area contributed by atoms with Crippen molar-refractivity contribution in [3.05, 3.63) is 0 Å². The summed E-state index contributed by atoms with van der Waals surface area (Å²) in [5.74, 6) is 2.44. The second kappa shape index (κ2) is 4.76. The Morgan fingerprint density at radius 1 is 1.37 bits per heavy atom. The Bertz CT molecular complexity index is 368. The van der Waals surface area contributed by atoms with Crippen LogP contribution in [0, 0.1) is 29.1 Å². The Labute approximate surface area is 116 Å². The predicted molar refractivity (Wildman–Crippen MR) is 74.9 cm³/mol. The van der Waals surface area contributed by atoms with Crippen LogP contribution in [0.1, 0.15) is 46.0 Å². The van der Waals surface area contributed by atoms with E-state index in [0.29, 0.717) is 0 Å². The molecule has 1 N–H and O–H groups in total. The van der Waals surface area contributed by atoms with E-state index < -0.39 is 11.4 Å². The number of carboxylic acid groups (broad SMARTS) is 1. The molecule has 0 aromatic heterocycles. The molecule has 1 saturated heterocycles. The molecule has 0 aromatic carbocycles. The molecule has 1 heterocycles. The molecule has 19 heavy (non-hydrogen) atoms. The van der Waals surface area contributed by atoms with Gasteiger partial charge in [-0.05, 0) is 55.9 Å². The zero-order valence-electron chi connectivity index (χ0n) is 12.3. The molecule has 3 nitrogen and oxygen atoms in total. The van der Waals surface area contributed by atoms with Gasteiger partial charge in [-0.1, -0.05) is 20.3 Å². The summed E-state index contributed by atoms with van der Waals surface area (Å²) in [6, 6.07) is 0. The summed E-state index contributed by atoms with van der Waals surface area (Å²) in [4.78, 5) is 14.1. The molecule has 0 amide bonds. The first-order valence-corrected chi connectivity index (χ1v) is 7.97. The average molecular weight is 265 g/mol. The molecular weight excluding hydrogens is 238 g/mol. The van der Waals surface area contributed by atoms with Crippen LogP contribution in [0.5, 0.6) is 0 Å². The molecule has 3 rings (SSSR count). The smallest absolute Gasteiger partial charge is 0.311 e. The number of nitrogens with zero attached hydrogens (tertiary/aromatic N) is 1. The van der Waals surface area contributed by atoms with Crippen LogP contribution in [-0.2, 0) is 4.79 Å². The third kappa shape index (κ3) is 2.20. The maximum Gasteiger partial charge on any atom is 0.311 e. The second-order valence-corrected chi connectivity index (χ2v) is 7.54. The maximum absolute atomic E-state index is 11.6. The first-order chi connectivity index (χ1) is 9.01. The highest BCUT2D eigenvalue weighted by molar-refractivity contribution is 5.75. The molecule has 3 fully saturated rings. The van der Waals surface area contributed by atoms with Crippen molar-refractivity contribution in [2.45, 2.75) is 46.0 Å². The van der Waals surface area contributed by atoms with Crippen LogP contribution in [0.3, 0.4) is 0 Å². The summed E-state index contributed by atoms with van der Waals surface area (Å²) in [6.07, 6.45) is 6.57. The number of fused-ring (bicyclic) bond motifs is 2. The van der Waals surface area contributed by atoms with Gasteiger partial charge in [-0.2, -0.15) is 0 Å². The molecule has 0 aromatic rings. The SMILES string of the molecule is CC(C)C1(C(=O)O)CCN(CC2CC3CCC2C3)C1. The lowest BCUT2D eigenvalue weighted by Gasteiger charge is -2.31. The van der Waals surface area contributed by atoms with Crippen molar-refractivity contribution in [1.29, 1.82) is 0 Å². The monoisotopic (exact) mass is 265 g/mol. The number of aliphatic carboxylic acids is 1. The van der Waals surface area contributed by atoms with Crippen LogP contribution in [0.15, 0.2) is 0 Å². The van der Waals surface area contributed by atoms with Crippen molar-refractivity contribution in [3.8, 4) is 0 Å². The molecule has 3 heteroatoms. The molecule has 2 aliphatic carbocycles. The van der Waals surface area contributed by atoms with E-state index in [-0.39, 0.29) is 5.92 Å². The Balaban J connectivity index is 1.61. The quantitative estimate of drug-likeness (QED) is 0.849. The van der Waals surface area contributed by atoms with Crippen molar-refractivity contribution in [1.82, 2.24) is 4.90 Å². The number of hydrogen-bond acceptors (Lipinski definition) is 2. The zero-order valence-corrected chi connectivity index (χ0v) is 12.3. The number of likely N-dealkylation sites (tertiary alicyclic amines) is 1. The van der Waals surface area contributed by atoms with E-state index in [2.05, 4.69) is 18.7 Å². The van der Waals surface area contributed by atoms with Crippen LogP contribution in [0.2, 0.25) is 0 Å². The van der Waals surface area contributed by atoms with Gasteiger partial charge in [-0.3, -0.25) is 4.79 Å². The number of carboxylic acids is 1. The molecule has 0 spiro atoms. The average Bonchev–Trinajstić information content (AvgIpc) is 3.02. The van der Waals surface area contributed by atoms with Crippen LogP contribution in [0.4, 0.5) is 0 Å². The van der Waals surface area contributed by atoms with E-state index in [1.165, 1.54) is 25.7 Å². The van der Waals surface area contributed by atoms with E-state index >= 15 is 0 Å². The highest BCUT2D eigenvalue weighted by atomic mass is 16.4. The van der Waals surface area contributed by atoms with Gasteiger partial charge in [-0.25, -0.2) is 0 Å². The van der Waals surface area contributed by atoms with Gasteiger partial charge >= 0.3 is 5.97 Å². The predicted octanol–water partition coefficient (Wildman–Crippen LogP) is 2.86. The Morgan fingerprint density at radius 3 is 2.63 bits per heavy atom. The highest BCUT2D eigenvalue weighted by Crippen LogP contribution is 2.49. The Morgan fingerprint density at radius 2 is 2.16 bits per heavy atom. The van der Waals surface area contributed by atoms with E-state index in [0.717, 1.165) is 43.8 Å². The zero-order chi connectivity index (χ0) is 13.6. The van der Waals surface area contributed by atoms with Crippen molar-refractivity contribution in [3.63, 3.8) is 0 Å². The second-order valence-electron chi connectivity index (χ2n) is 7.54. The largest absolute Gasteiger partial charge is 0.481 e. The third-order valence-corrected chi connectivity index (χ3v) is 6.29. The minimum atomic E-state index is -0.585. The lowest BCUT2D eigenvalue weighted by molar-refractivity contribution is -0.151. The summed E-state index contributed by atoms with van der Waals surface area (Å²) < 4.78 is 0. The van der Waals surface area contributed by atoms with Gasteiger partial charge in [0.15, 0.2) is 0 Å². The van der Waals surface area contributed by atoms with Crippen molar-refractivity contribution in [2.75, 3.05) is 19.6 Å². The van der Waals surface area contributed by atoms with Gasteiger partial charge in [0.25, 0.3) is 0 Å². The standard InChI is InChI=1S/C16H27NO2/c1-11(2)16(15(18)19)5-6-17(10-16)9-14-8-12-3-4-13(14)7-12/h11-14H,3-10H2,1-2H3,(H,18,19). The van der Waals surface area contributed by atoms with E-state index in [1.807, 2.05) is 0 Å². The fourth-order valence-electron chi connectivity index (χ4n) is 4.90. The number of rotatable bonds is 4. The van der Waals surface area contributed by atoms with Gasteiger partial charge in [-0.15, -0.1) is 0 Å². The molecule has 4 atom stereocenters. The summed E-state index contributed by atoms with van der Waals surface area (Å²) in [6.45, 7) is 7.04. The first kappa shape index (κ1) is 13.4. The first-order valence-electron chi connectivity index (χ1n) is 7.97. The molecule has 1 aliphatic heterocycles. The Kier molecular flexibility index (Phi) is 3.36. The Hall–Kier alpha value is -0.570.